The van der Waals surface area contributed by atoms with Crippen molar-refractivity contribution in [1.82, 2.24) is 0 Å². The first-order valence-electron chi connectivity index (χ1n) is 5.60. The van der Waals surface area contributed by atoms with Gasteiger partial charge in [0.2, 0.25) is 0 Å². The molecule has 2 aromatic rings. The van der Waals surface area contributed by atoms with Gasteiger partial charge in [-0.15, -0.1) is 0 Å². The number of hydrogen-bond acceptors (Lipinski definition) is 2. The number of carbonyl (C=O) groups is 2. The van der Waals surface area contributed by atoms with Crippen LogP contribution in [-0.2, 0) is 0 Å². The Morgan fingerprint density at radius 1 is 1.00 bits per heavy atom. The molecule has 2 rings (SSSR count). The SMILES string of the molecule is CN(C(=O)c1ccccc1)c1ccc(C=O)cc1. The molecule has 0 heterocycles. The van der Waals surface area contributed by atoms with Crippen LogP contribution in [0.5, 0.6) is 0 Å². The largest absolute Gasteiger partial charge is 0.311 e. The number of rotatable bonds is 3. The van der Waals surface area contributed by atoms with E-state index in [1.54, 1.807) is 48.3 Å². The molecule has 0 spiro atoms. The molecule has 1 amide bonds. The van der Waals surface area contributed by atoms with E-state index >= 15 is 0 Å². The molecule has 0 aromatic heterocycles. The van der Waals surface area contributed by atoms with E-state index in [0.717, 1.165) is 12.0 Å². The number of nitrogens with zero attached hydrogens (tertiary/aromatic N) is 1. The van der Waals surface area contributed by atoms with E-state index in [2.05, 4.69) is 0 Å². The van der Waals surface area contributed by atoms with Gasteiger partial charge < -0.3 is 4.90 Å². The maximum atomic E-state index is 12.2. The van der Waals surface area contributed by atoms with Crippen LogP contribution in [0, 0.1) is 0 Å². The summed E-state index contributed by atoms with van der Waals surface area (Å²) in [6, 6.07) is 16.0. The van der Waals surface area contributed by atoms with Crippen LogP contribution in [-0.4, -0.2) is 19.2 Å². The van der Waals surface area contributed by atoms with Crippen molar-refractivity contribution in [1.29, 1.82) is 0 Å². The molecule has 0 saturated carbocycles. The van der Waals surface area contributed by atoms with Crippen molar-refractivity contribution >= 4 is 17.9 Å². The smallest absolute Gasteiger partial charge is 0.258 e. The number of anilines is 1. The number of benzene rings is 2. The maximum absolute atomic E-state index is 12.2. The molecule has 0 aliphatic carbocycles. The minimum Gasteiger partial charge on any atom is -0.311 e. The van der Waals surface area contributed by atoms with Gasteiger partial charge in [0.05, 0.1) is 0 Å². The lowest BCUT2D eigenvalue weighted by molar-refractivity contribution is 0.0992. The first-order valence-corrected chi connectivity index (χ1v) is 5.60. The summed E-state index contributed by atoms with van der Waals surface area (Å²) in [4.78, 5) is 24.3. The normalized spacial score (nSPS) is 9.83. The van der Waals surface area contributed by atoms with Crippen molar-refractivity contribution in [2.24, 2.45) is 0 Å². The molecule has 0 aliphatic rings. The Morgan fingerprint density at radius 3 is 2.17 bits per heavy atom. The first kappa shape index (κ1) is 12.0. The van der Waals surface area contributed by atoms with Crippen LogP contribution in [0.4, 0.5) is 5.69 Å². The van der Waals surface area contributed by atoms with Crippen molar-refractivity contribution in [2.75, 3.05) is 11.9 Å². The average molecular weight is 239 g/mol. The number of carbonyl (C=O) groups excluding carboxylic acids is 2. The summed E-state index contributed by atoms with van der Waals surface area (Å²) in [6.07, 6.45) is 0.781. The third-order valence-electron chi connectivity index (χ3n) is 2.74. The summed E-state index contributed by atoms with van der Waals surface area (Å²) < 4.78 is 0. The quantitative estimate of drug-likeness (QED) is 0.772. The molecule has 0 saturated heterocycles. The molecule has 90 valence electrons. The average Bonchev–Trinajstić information content (AvgIpc) is 2.47. The van der Waals surface area contributed by atoms with Gasteiger partial charge in [0.25, 0.3) is 5.91 Å². The van der Waals surface area contributed by atoms with Gasteiger partial charge in [0, 0.05) is 23.9 Å². The van der Waals surface area contributed by atoms with Gasteiger partial charge >= 0.3 is 0 Å². The van der Waals surface area contributed by atoms with Gasteiger partial charge in [-0.3, -0.25) is 9.59 Å². The molecule has 0 fully saturated rings. The fraction of sp³-hybridized carbons (Fsp3) is 0.0667. The molecule has 3 nitrogen and oxygen atoms in total. The zero-order valence-electron chi connectivity index (χ0n) is 10.0. The lowest BCUT2D eigenvalue weighted by atomic mass is 10.1. The van der Waals surface area contributed by atoms with Crippen molar-refractivity contribution in [3.63, 3.8) is 0 Å². The van der Waals surface area contributed by atoms with Gasteiger partial charge in [-0.1, -0.05) is 18.2 Å². The molecule has 18 heavy (non-hydrogen) atoms. The van der Waals surface area contributed by atoms with Crippen LogP contribution >= 0.6 is 0 Å². The molecule has 3 heteroatoms. The monoisotopic (exact) mass is 239 g/mol. The van der Waals surface area contributed by atoms with E-state index in [-0.39, 0.29) is 5.91 Å². The van der Waals surface area contributed by atoms with Crippen LogP contribution in [0.25, 0.3) is 0 Å². The number of aldehydes is 1. The molecule has 2 aromatic carbocycles. The predicted molar refractivity (Wildman–Crippen MR) is 71.0 cm³/mol. The molecular formula is C15H13NO2. The fourth-order valence-electron chi connectivity index (χ4n) is 1.67. The summed E-state index contributed by atoms with van der Waals surface area (Å²) in [7, 11) is 1.71. The van der Waals surface area contributed by atoms with E-state index in [9.17, 15) is 9.59 Å². The molecule has 0 N–H and O–H groups in total. The third kappa shape index (κ3) is 2.46. The van der Waals surface area contributed by atoms with Crippen LogP contribution in [0.3, 0.4) is 0 Å². The molecule has 0 aliphatic heterocycles. The Balaban J connectivity index is 2.22. The van der Waals surface area contributed by atoms with Gasteiger partial charge in [-0.25, -0.2) is 0 Å². The Hall–Kier alpha value is -2.42. The van der Waals surface area contributed by atoms with Crippen molar-refractivity contribution in [3.8, 4) is 0 Å². The summed E-state index contributed by atoms with van der Waals surface area (Å²) in [5.74, 6) is -0.0746. The number of hydrogen-bond donors (Lipinski definition) is 0. The van der Waals surface area contributed by atoms with Gasteiger partial charge in [-0.05, 0) is 36.4 Å². The summed E-state index contributed by atoms with van der Waals surface area (Å²) in [5, 5.41) is 0. The zero-order chi connectivity index (χ0) is 13.0. The lowest BCUT2D eigenvalue weighted by Crippen LogP contribution is -2.26. The van der Waals surface area contributed by atoms with Crippen molar-refractivity contribution in [2.45, 2.75) is 0 Å². The second-order valence-corrected chi connectivity index (χ2v) is 3.94. The van der Waals surface area contributed by atoms with Gasteiger partial charge in [0.1, 0.15) is 6.29 Å². The second-order valence-electron chi connectivity index (χ2n) is 3.94. The lowest BCUT2D eigenvalue weighted by Gasteiger charge is -2.17. The van der Waals surface area contributed by atoms with E-state index in [4.69, 9.17) is 0 Å². The Labute approximate surface area is 106 Å². The highest BCUT2D eigenvalue weighted by Crippen LogP contribution is 2.15. The minimum atomic E-state index is -0.0746. The van der Waals surface area contributed by atoms with Crippen molar-refractivity contribution < 1.29 is 9.59 Å². The van der Waals surface area contributed by atoms with E-state index < -0.39 is 0 Å². The molecule has 0 atom stereocenters. The van der Waals surface area contributed by atoms with E-state index in [1.807, 2.05) is 18.2 Å². The Kier molecular flexibility index (Phi) is 3.53. The van der Waals surface area contributed by atoms with Crippen LogP contribution < -0.4 is 4.90 Å². The Bertz CT molecular complexity index is 546. The predicted octanol–water partition coefficient (Wildman–Crippen LogP) is 2.78. The Morgan fingerprint density at radius 2 is 1.61 bits per heavy atom. The molecule has 0 unspecified atom stereocenters. The highest BCUT2D eigenvalue weighted by Gasteiger charge is 2.12. The van der Waals surface area contributed by atoms with Gasteiger partial charge in [-0.2, -0.15) is 0 Å². The molecular weight excluding hydrogens is 226 g/mol. The van der Waals surface area contributed by atoms with Gasteiger partial charge in [0.15, 0.2) is 0 Å². The maximum Gasteiger partial charge on any atom is 0.258 e. The third-order valence-corrected chi connectivity index (χ3v) is 2.74. The molecule has 0 radical (unpaired) electrons. The highest BCUT2D eigenvalue weighted by atomic mass is 16.2. The standard InChI is InChI=1S/C15H13NO2/c1-16(14-9-7-12(11-17)8-10-14)15(18)13-5-3-2-4-6-13/h2-11H,1H3. The second kappa shape index (κ2) is 5.27. The van der Waals surface area contributed by atoms with Crippen LogP contribution in [0.15, 0.2) is 54.6 Å². The topological polar surface area (TPSA) is 37.4 Å². The van der Waals surface area contributed by atoms with Crippen LogP contribution in [0.1, 0.15) is 20.7 Å². The fourth-order valence-corrected chi connectivity index (χ4v) is 1.67. The number of amides is 1. The van der Waals surface area contributed by atoms with E-state index in [0.29, 0.717) is 11.1 Å². The highest BCUT2D eigenvalue weighted by molar-refractivity contribution is 6.05. The van der Waals surface area contributed by atoms with E-state index in [1.165, 1.54) is 0 Å². The first-order chi connectivity index (χ1) is 8.72. The zero-order valence-corrected chi connectivity index (χ0v) is 10.0. The van der Waals surface area contributed by atoms with Crippen molar-refractivity contribution in [3.05, 3.63) is 65.7 Å². The summed E-state index contributed by atoms with van der Waals surface area (Å²) >= 11 is 0. The minimum absolute atomic E-state index is 0.0746. The molecule has 0 bridgehead atoms. The summed E-state index contributed by atoms with van der Waals surface area (Å²) in [5.41, 5.74) is 1.99. The van der Waals surface area contributed by atoms with Crippen LogP contribution in [0.2, 0.25) is 0 Å². The summed E-state index contributed by atoms with van der Waals surface area (Å²) in [6.45, 7) is 0.